The molecule has 43 heavy (non-hydrogen) atoms. The minimum atomic E-state index is -0.886. The van der Waals surface area contributed by atoms with Gasteiger partial charge < -0.3 is 19.6 Å². The SMILES string of the molecule is COc1ccc2c(c1)CCN(C1CCN(C(=O)Cn3cc(-c4cccc(F)c4Cl)c(=O)n([C@@H](C)CO)c3=O)CC1)C(=O)C2. The van der Waals surface area contributed by atoms with Crippen LogP contribution in [0.1, 0.15) is 36.9 Å². The number of amides is 2. The fourth-order valence-electron chi connectivity index (χ4n) is 5.92. The van der Waals surface area contributed by atoms with Crippen LogP contribution < -0.4 is 16.0 Å². The minimum Gasteiger partial charge on any atom is -0.497 e. The number of nitrogens with zero attached hydrogens (tertiary/aromatic N) is 4. The molecule has 0 spiro atoms. The first-order valence-electron chi connectivity index (χ1n) is 14.3. The lowest BCUT2D eigenvalue weighted by atomic mass is 10.0. The van der Waals surface area contributed by atoms with Crippen molar-refractivity contribution in [2.75, 3.05) is 33.4 Å². The van der Waals surface area contributed by atoms with Crippen LogP contribution in [-0.2, 0) is 29.0 Å². The number of carbonyl (C=O) groups excluding carboxylic acids is 2. The number of ether oxygens (including phenoxy) is 1. The number of aliphatic hydroxyl groups is 1. The van der Waals surface area contributed by atoms with Crippen molar-refractivity contribution in [2.45, 2.75) is 51.2 Å². The van der Waals surface area contributed by atoms with Crippen molar-refractivity contribution in [2.24, 2.45) is 0 Å². The van der Waals surface area contributed by atoms with Gasteiger partial charge in [0, 0.05) is 37.4 Å². The Labute approximate surface area is 252 Å². The quantitative estimate of drug-likeness (QED) is 0.439. The molecule has 0 bridgehead atoms. The Hall–Kier alpha value is -3.96. The van der Waals surface area contributed by atoms with Crippen molar-refractivity contribution in [1.29, 1.82) is 0 Å². The van der Waals surface area contributed by atoms with Crippen molar-refractivity contribution < 1.29 is 23.8 Å². The van der Waals surface area contributed by atoms with Gasteiger partial charge >= 0.3 is 5.69 Å². The first-order valence-corrected chi connectivity index (χ1v) is 14.6. The van der Waals surface area contributed by atoms with Gasteiger partial charge in [-0.15, -0.1) is 0 Å². The average molecular weight is 613 g/mol. The molecule has 3 aromatic rings. The monoisotopic (exact) mass is 612 g/mol. The highest BCUT2D eigenvalue weighted by Crippen LogP contribution is 2.28. The number of fused-ring (bicyclic) bond motifs is 1. The predicted molar refractivity (Wildman–Crippen MR) is 159 cm³/mol. The van der Waals surface area contributed by atoms with Gasteiger partial charge in [0.15, 0.2) is 0 Å². The molecule has 1 fully saturated rings. The summed E-state index contributed by atoms with van der Waals surface area (Å²) >= 11 is 6.15. The van der Waals surface area contributed by atoms with E-state index in [4.69, 9.17) is 16.3 Å². The fourth-order valence-corrected chi connectivity index (χ4v) is 6.15. The van der Waals surface area contributed by atoms with E-state index in [1.807, 2.05) is 23.1 Å². The van der Waals surface area contributed by atoms with Crippen LogP contribution in [0.2, 0.25) is 5.02 Å². The van der Waals surface area contributed by atoms with E-state index in [1.54, 1.807) is 12.0 Å². The third-order valence-electron chi connectivity index (χ3n) is 8.39. The molecule has 0 saturated carbocycles. The van der Waals surface area contributed by atoms with Crippen molar-refractivity contribution >= 4 is 23.4 Å². The Morgan fingerprint density at radius 3 is 2.53 bits per heavy atom. The number of rotatable bonds is 7. The van der Waals surface area contributed by atoms with E-state index in [0.717, 1.165) is 38.5 Å². The molecule has 1 N–H and O–H groups in total. The molecule has 228 valence electrons. The number of methoxy groups -OCH3 is 1. The Morgan fingerprint density at radius 2 is 1.84 bits per heavy atom. The molecule has 0 radical (unpaired) electrons. The molecule has 2 aromatic carbocycles. The fraction of sp³-hybridized carbons (Fsp3) is 0.419. The molecular weight excluding hydrogens is 579 g/mol. The van der Waals surface area contributed by atoms with E-state index in [0.29, 0.717) is 38.9 Å². The molecule has 1 aromatic heterocycles. The Bertz CT molecular complexity index is 1660. The number of hydrogen-bond donors (Lipinski definition) is 1. The number of halogens is 2. The second kappa shape index (κ2) is 12.7. The Balaban J connectivity index is 1.32. The maximum absolute atomic E-state index is 14.2. The smallest absolute Gasteiger partial charge is 0.331 e. The minimum absolute atomic E-state index is 0.00971. The summed E-state index contributed by atoms with van der Waals surface area (Å²) in [5.74, 6) is -0.245. The summed E-state index contributed by atoms with van der Waals surface area (Å²) in [5.41, 5.74) is 0.610. The average Bonchev–Trinajstić information content (AvgIpc) is 3.17. The summed E-state index contributed by atoms with van der Waals surface area (Å²) in [6.45, 7) is 2.03. The molecule has 1 saturated heterocycles. The third kappa shape index (κ3) is 6.09. The predicted octanol–water partition coefficient (Wildman–Crippen LogP) is 2.65. The maximum Gasteiger partial charge on any atom is 0.331 e. The van der Waals surface area contributed by atoms with Gasteiger partial charge in [0.25, 0.3) is 5.56 Å². The van der Waals surface area contributed by atoms with Crippen LogP contribution in [0.15, 0.2) is 52.2 Å². The van der Waals surface area contributed by atoms with E-state index in [2.05, 4.69) is 0 Å². The molecule has 0 aliphatic carbocycles. The van der Waals surface area contributed by atoms with Gasteiger partial charge in [-0.2, -0.15) is 0 Å². The normalized spacial score (nSPS) is 16.5. The number of carbonyl (C=O) groups is 2. The van der Waals surface area contributed by atoms with Crippen molar-refractivity contribution in [3.8, 4) is 16.9 Å². The van der Waals surface area contributed by atoms with Crippen LogP contribution in [0.25, 0.3) is 11.1 Å². The summed E-state index contributed by atoms with van der Waals surface area (Å²) in [6, 6.07) is 8.89. The molecular formula is C31H34ClFN4O6. The Morgan fingerprint density at radius 1 is 1.09 bits per heavy atom. The molecule has 12 heteroatoms. The standard InChI is InChI=1S/C31H34ClFN4O6/c1-19(18-38)37-30(41)25(24-4-3-5-26(33)29(24)32)16-35(31(37)42)17-28(40)34-11-9-22(10-12-34)36-13-8-21-14-23(43-2)7-6-20(21)15-27(36)39/h3-7,14,16,19,22,38H,8-13,15,17-18H2,1-2H3/t19-/m0/s1. The summed E-state index contributed by atoms with van der Waals surface area (Å²) in [5, 5.41) is 9.43. The van der Waals surface area contributed by atoms with Crippen LogP contribution in [0, 0.1) is 5.82 Å². The number of aromatic nitrogens is 2. The molecule has 2 amide bonds. The highest BCUT2D eigenvalue weighted by molar-refractivity contribution is 6.33. The van der Waals surface area contributed by atoms with Gasteiger partial charge in [0.2, 0.25) is 11.8 Å². The summed E-state index contributed by atoms with van der Waals surface area (Å²) in [6.07, 6.45) is 3.45. The lowest BCUT2D eigenvalue weighted by Crippen LogP contribution is -2.50. The van der Waals surface area contributed by atoms with Crippen LogP contribution >= 0.6 is 11.6 Å². The van der Waals surface area contributed by atoms with E-state index >= 15 is 0 Å². The molecule has 2 aliphatic heterocycles. The van der Waals surface area contributed by atoms with E-state index in [-0.39, 0.29) is 40.6 Å². The molecule has 2 aliphatic rings. The van der Waals surface area contributed by atoms with Gasteiger partial charge in [-0.25, -0.2) is 9.18 Å². The summed E-state index contributed by atoms with van der Waals surface area (Å²) in [7, 11) is 1.62. The lowest BCUT2D eigenvalue weighted by molar-refractivity contribution is -0.136. The van der Waals surface area contributed by atoms with Crippen molar-refractivity contribution in [3.05, 3.63) is 85.4 Å². The van der Waals surface area contributed by atoms with Gasteiger partial charge in [-0.3, -0.25) is 23.5 Å². The highest BCUT2D eigenvalue weighted by Gasteiger charge is 2.32. The third-order valence-corrected chi connectivity index (χ3v) is 8.78. The van der Waals surface area contributed by atoms with Crippen LogP contribution in [-0.4, -0.2) is 75.2 Å². The Kier molecular flexibility index (Phi) is 9.03. The summed E-state index contributed by atoms with van der Waals surface area (Å²) < 4.78 is 21.5. The summed E-state index contributed by atoms with van der Waals surface area (Å²) in [4.78, 5) is 56.7. The zero-order chi connectivity index (χ0) is 30.8. The molecule has 0 unspecified atom stereocenters. The molecule has 10 nitrogen and oxygen atoms in total. The van der Waals surface area contributed by atoms with Gasteiger partial charge in [0.05, 0.1) is 36.8 Å². The van der Waals surface area contributed by atoms with Crippen LogP contribution in [0.3, 0.4) is 0 Å². The molecule has 5 rings (SSSR count). The number of piperidine rings is 1. The van der Waals surface area contributed by atoms with Crippen LogP contribution in [0.4, 0.5) is 4.39 Å². The van der Waals surface area contributed by atoms with Crippen molar-refractivity contribution in [3.63, 3.8) is 0 Å². The van der Waals surface area contributed by atoms with Crippen LogP contribution in [0.5, 0.6) is 5.75 Å². The molecule has 3 heterocycles. The maximum atomic E-state index is 14.2. The number of hydrogen-bond acceptors (Lipinski definition) is 6. The molecule has 1 atom stereocenters. The number of aliphatic hydroxyl groups excluding tert-OH is 1. The topological polar surface area (TPSA) is 114 Å². The van der Waals surface area contributed by atoms with E-state index < -0.39 is 29.7 Å². The van der Waals surface area contributed by atoms with Crippen molar-refractivity contribution in [1.82, 2.24) is 18.9 Å². The second-order valence-corrected chi connectivity index (χ2v) is 11.4. The second-order valence-electron chi connectivity index (χ2n) is 11.0. The van der Waals surface area contributed by atoms with Gasteiger partial charge in [0.1, 0.15) is 18.1 Å². The van der Waals surface area contributed by atoms with E-state index in [1.165, 1.54) is 25.3 Å². The number of benzene rings is 2. The largest absolute Gasteiger partial charge is 0.497 e. The van der Waals surface area contributed by atoms with E-state index in [9.17, 15) is 28.7 Å². The van der Waals surface area contributed by atoms with Gasteiger partial charge in [-0.05, 0) is 55.5 Å². The van der Waals surface area contributed by atoms with Gasteiger partial charge in [-0.1, -0.05) is 29.8 Å². The lowest BCUT2D eigenvalue weighted by Gasteiger charge is -2.38. The first kappa shape index (κ1) is 30.5. The zero-order valence-corrected chi connectivity index (χ0v) is 24.8. The highest BCUT2D eigenvalue weighted by atomic mass is 35.5. The zero-order valence-electron chi connectivity index (χ0n) is 24.1. The number of likely N-dealkylation sites (tertiary alicyclic amines) is 1. The first-order chi connectivity index (χ1) is 20.6.